The molecule has 2 amide bonds. The predicted octanol–water partition coefficient (Wildman–Crippen LogP) is 1.88. The van der Waals surface area contributed by atoms with Crippen LogP contribution in [-0.2, 0) is 9.59 Å². The summed E-state index contributed by atoms with van der Waals surface area (Å²) in [6.45, 7) is 3.70. The number of hydrogen-bond acceptors (Lipinski definition) is 3. The van der Waals surface area contributed by atoms with E-state index >= 15 is 0 Å². The minimum Gasteiger partial charge on any atom is -0.344 e. The van der Waals surface area contributed by atoms with Gasteiger partial charge in [0.15, 0.2) is 0 Å². The molecule has 1 unspecified atom stereocenters. The molecule has 5 heteroatoms. The average Bonchev–Trinajstić information content (AvgIpc) is 3.31. The Bertz CT molecular complexity index is 598. The molecule has 5 nitrogen and oxygen atoms in total. The van der Waals surface area contributed by atoms with Crippen molar-refractivity contribution >= 4 is 11.8 Å². The molecule has 2 fully saturated rings. The molecule has 3 N–H and O–H groups in total. The van der Waals surface area contributed by atoms with Gasteiger partial charge < -0.3 is 16.0 Å². The van der Waals surface area contributed by atoms with E-state index in [-0.39, 0.29) is 29.6 Å². The summed E-state index contributed by atoms with van der Waals surface area (Å²) in [5, 5.41) is 2.92. The summed E-state index contributed by atoms with van der Waals surface area (Å²) >= 11 is 0. The van der Waals surface area contributed by atoms with Crippen molar-refractivity contribution in [3.8, 4) is 0 Å². The Morgan fingerprint density at radius 1 is 1.20 bits per heavy atom. The summed E-state index contributed by atoms with van der Waals surface area (Å²) in [5.41, 5.74) is 7.19. The fraction of sp³-hybridized carbons (Fsp3) is 0.600. The molecule has 0 bridgehead atoms. The lowest BCUT2D eigenvalue weighted by Gasteiger charge is -2.23. The van der Waals surface area contributed by atoms with Gasteiger partial charge in [-0.1, -0.05) is 43.2 Å². The molecule has 1 aromatic carbocycles. The van der Waals surface area contributed by atoms with Crippen LogP contribution in [0.5, 0.6) is 0 Å². The molecule has 3 rings (SSSR count). The lowest BCUT2D eigenvalue weighted by atomic mass is 9.89. The zero-order valence-electron chi connectivity index (χ0n) is 15.0. The van der Waals surface area contributed by atoms with Crippen LogP contribution in [0.2, 0.25) is 0 Å². The highest BCUT2D eigenvalue weighted by Gasteiger charge is 2.37. The van der Waals surface area contributed by atoms with E-state index in [1.807, 2.05) is 23.1 Å². The molecule has 136 valence electrons. The summed E-state index contributed by atoms with van der Waals surface area (Å²) in [4.78, 5) is 27.0. The van der Waals surface area contributed by atoms with Crippen LogP contribution in [0, 0.1) is 11.8 Å². The SMILES string of the molecule is CC(NC(=O)C1CCCC1)C(=O)N1C[C@@H](CN)[C@H](c2ccccc2)C1. The van der Waals surface area contributed by atoms with E-state index in [4.69, 9.17) is 5.73 Å². The predicted molar refractivity (Wildman–Crippen MR) is 97.9 cm³/mol. The van der Waals surface area contributed by atoms with Gasteiger partial charge >= 0.3 is 0 Å². The third-order valence-corrected chi connectivity index (χ3v) is 5.74. The van der Waals surface area contributed by atoms with Gasteiger partial charge in [-0.15, -0.1) is 0 Å². The first-order chi connectivity index (χ1) is 12.1. The van der Waals surface area contributed by atoms with Gasteiger partial charge in [-0.25, -0.2) is 0 Å². The van der Waals surface area contributed by atoms with Crippen molar-refractivity contribution in [2.24, 2.45) is 17.6 Å². The van der Waals surface area contributed by atoms with Gasteiger partial charge in [0.1, 0.15) is 6.04 Å². The number of carbonyl (C=O) groups is 2. The topological polar surface area (TPSA) is 75.4 Å². The van der Waals surface area contributed by atoms with Crippen molar-refractivity contribution in [2.45, 2.75) is 44.6 Å². The second kappa shape index (κ2) is 8.00. The van der Waals surface area contributed by atoms with Crippen molar-refractivity contribution in [1.29, 1.82) is 0 Å². The van der Waals surface area contributed by atoms with Crippen molar-refractivity contribution in [2.75, 3.05) is 19.6 Å². The summed E-state index contributed by atoms with van der Waals surface area (Å²) in [6, 6.07) is 9.79. The quantitative estimate of drug-likeness (QED) is 0.857. The number of carbonyl (C=O) groups excluding carboxylic acids is 2. The molecule has 0 radical (unpaired) electrons. The number of rotatable bonds is 5. The number of benzene rings is 1. The maximum Gasteiger partial charge on any atom is 0.244 e. The van der Waals surface area contributed by atoms with E-state index in [2.05, 4.69) is 17.4 Å². The number of hydrogen-bond donors (Lipinski definition) is 2. The third kappa shape index (κ3) is 4.03. The van der Waals surface area contributed by atoms with Gasteiger partial charge in [0.05, 0.1) is 0 Å². The maximum absolute atomic E-state index is 12.8. The van der Waals surface area contributed by atoms with E-state index in [1.54, 1.807) is 6.92 Å². The molecule has 0 aromatic heterocycles. The molecule has 1 aliphatic carbocycles. The molecule has 1 aliphatic heterocycles. The van der Waals surface area contributed by atoms with Gasteiger partial charge in [-0.05, 0) is 37.8 Å². The summed E-state index contributed by atoms with van der Waals surface area (Å²) in [7, 11) is 0. The van der Waals surface area contributed by atoms with Gasteiger partial charge in [0.25, 0.3) is 0 Å². The van der Waals surface area contributed by atoms with Crippen molar-refractivity contribution in [3.63, 3.8) is 0 Å². The van der Waals surface area contributed by atoms with Crippen molar-refractivity contribution < 1.29 is 9.59 Å². The van der Waals surface area contributed by atoms with Crippen LogP contribution in [-0.4, -0.2) is 42.4 Å². The van der Waals surface area contributed by atoms with Crippen LogP contribution in [0.3, 0.4) is 0 Å². The zero-order valence-corrected chi connectivity index (χ0v) is 15.0. The number of likely N-dealkylation sites (tertiary alicyclic amines) is 1. The highest BCUT2D eigenvalue weighted by molar-refractivity contribution is 5.88. The summed E-state index contributed by atoms with van der Waals surface area (Å²) in [5.74, 6) is 0.662. The first-order valence-corrected chi connectivity index (χ1v) is 9.44. The smallest absolute Gasteiger partial charge is 0.244 e. The minimum atomic E-state index is -0.471. The van der Waals surface area contributed by atoms with E-state index < -0.39 is 6.04 Å². The van der Waals surface area contributed by atoms with Gasteiger partial charge in [0, 0.05) is 24.9 Å². The fourth-order valence-electron chi connectivity index (χ4n) is 4.22. The number of nitrogens with zero attached hydrogens (tertiary/aromatic N) is 1. The van der Waals surface area contributed by atoms with Gasteiger partial charge in [-0.3, -0.25) is 9.59 Å². The molecule has 1 heterocycles. The molecule has 2 aliphatic rings. The first-order valence-electron chi connectivity index (χ1n) is 9.44. The Kier molecular flexibility index (Phi) is 5.74. The highest BCUT2D eigenvalue weighted by atomic mass is 16.2. The summed E-state index contributed by atoms with van der Waals surface area (Å²) in [6.07, 6.45) is 4.12. The monoisotopic (exact) mass is 343 g/mol. The second-order valence-corrected chi connectivity index (χ2v) is 7.47. The van der Waals surface area contributed by atoms with Gasteiger partial charge in [0.2, 0.25) is 11.8 Å². The Hall–Kier alpha value is -1.88. The van der Waals surface area contributed by atoms with E-state index in [0.29, 0.717) is 19.6 Å². The second-order valence-electron chi connectivity index (χ2n) is 7.47. The molecule has 1 aromatic rings. The fourth-order valence-corrected chi connectivity index (χ4v) is 4.22. The van der Waals surface area contributed by atoms with Crippen LogP contribution in [0.1, 0.15) is 44.1 Å². The average molecular weight is 343 g/mol. The molecule has 3 atom stereocenters. The molecule has 1 saturated carbocycles. The lowest BCUT2D eigenvalue weighted by molar-refractivity contribution is -0.136. The molecule has 25 heavy (non-hydrogen) atoms. The number of amides is 2. The minimum absolute atomic E-state index is 0.00299. The van der Waals surface area contributed by atoms with Crippen molar-refractivity contribution in [3.05, 3.63) is 35.9 Å². The number of nitrogens with two attached hydrogens (primary N) is 1. The van der Waals surface area contributed by atoms with Gasteiger partial charge in [-0.2, -0.15) is 0 Å². The van der Waals surface area contributed by atoms with Crippen LogP contribution in [0.4, 0.5) is 0 Å². The van der Waals surface area contributed by atoms with E-state index in [0.717, 1.165) is 25.7 Å². The Morgan fingerprint density at radius 2 is 1.88 bits per heavy atom. The molecule has 0 spiro atoms. The Labute approximate surface area is 150 Å². The van der Waals surface area contributed by atoms with Crippen LogP contribution < -0.4 is 11.1 Å². The standard InChI is InChI=1S/C20H29N3O2/c1-14(22-19(24)16-9-5-6-10-16)20(25)23-12-17(11-21)18(13-23)15-7-3-2-4-8-15/h2-4,7-8,14,16-18H,5-6,9-13,21H2,1H3,(H,22,24)/t14?,17-,18+/m1/s1. The van der Waals surface area contributed by atoms with Crippen LogP contribution >= 0.6 is 0 Å². The maximum atomic E-state index is 12.8. The van der Waals surface area contributed by atoms with Crippen LogP contribution in [0.15, 0.2) is 30.3 Å². The van der Waals surface area contributed by atoms with E-state index in [1.165, 1.54) is 5.56 Å². The molecule has 1 saturated heterocycles. The lowest BCUT2D eigenvalue weighted by Crippen LogP contribution is -2.47. The Morgan fingerprint density at radius 3 is 2.52 bits per heavy atom. The van der Waals surface area contributed by atoms with Crippen LogP contribution in [0.25, 0.3) is 0 Å². The van der Waals surface area contributed by atoms with E-state index in [9.17, 15) is 9.59 Å². The first kappa shape index (κ1) is 17.9. The molecular weight excluding hydrogens is 314 g/mol. The largest absolute Gasteiger partial charge is 0.344 e. The number of nitrogens with one attached hydrogen (secondary N) is 1. The Balaban J connectivity index is 1.61. The molecular formula is C20H29N3O2. The third-order valence-electron chi connectivity index (χ3n) is 5.74. The zero-order chi connectivity index (χ0) is 17.8. The summed E-state index contributed by atoms with van der Waals surface area (Å²) < 4.78 is 0. The highest BCUT2D eigenvalue weighted by Crippen LogP contribution is 2.32. The normalized spacial score (nSPS) is 25.1. The van der Waals surface area contributed by atoms with Crippen molar-refractivity contribution in [1.82, 2.24) is 10.2 Å².